The number of benzene rings is 8. The number of anilines is 12. The Hall–Kier alpha value is -12.7. The highest BCUT2D eigenvalue weighted by Crippen LogP contribution is 2.36. The lowest BCUT2D eigenvalue weighted by atomic mass is 10.1. The van der Waals surface area contributed by atoms with E-state index in [0.29, 0.717) is 125 Å². The Bertz CT molecular complexity index is 6850. The monoisotopic (exact) mass is 1950 g/mol. The Morgan fingerprint density at radius 2 is 0.575 bits per heavy atom. The third-order valence-corrected chi connectivity index (χ3v) is 25.2. The number of pyridine rings is 2. The van der Waals surface area contributed by atoms with Gasteiger partial charge in [0, 0.05) is 199 Å². The van der Waals surface area contributed by atoms with E-state index in [-0.39, 0.29) is 29.7 Å². The number of hydrogen-bond donors (Lipinski definition) is 10. The zero-order valence-corrected chi connectivity index (χ0v) is 78.0. The molecule has 32 nitrogen and oxygen atoms in total. The van der Waals surface area contributed by atoms with E-state index in [1.54, 1.807) is 97.3 Å². The van der Waals surface area contributed by atoms with Gasteiger partial charge in [-0.25, -0.2) is 39.9 Å². The van der Waals surface area contributed by atoms with Crippen molar-refractivity contribution in [1.29, 1.82) is 0 Å². The maximum absolute atomic E-state index is 13.1. The minimum absolute atomic E-state index is 0.0719. The number of nitrogens with zero attached hydrogens (tertiary/aromatic N) is 18. The molecule has 0 atom stereocenters. The number of fused-ring (bicyclic) bond motifs is 4. The molecule has 4 saturated heterocycles. The number of para-hydroxylation sites is 4. The molecule has 8 aromatic heterocycles. The van der Waals surface area contributed by atoms with E-state index in [4.69, 9.17) is 92.8 Å². The van der Waals surface area contributed by atoms with E-state index >= 15 is 0 Å². The normalized spacial score (nSPS) is 13.9. The zero-order valence-electron chi connectivity index (χ0n) is 72.0. The van der Waals surface area contributed by atoms with Crippen molar-refractivity contribution in [2.24, 2.45) is 0 Å². The quantitative estimate of drug-likeness (QED) is 0.0381. The van der Waals surface area contributed by atoms with Gasteiger partial charge in [-0.15, -0.1) is 0 Å². The van der Waals surface area contributed by atoms with Crippen LogP contribution in [-0.2, 0) is 13.2 Å². The smallest absolute Gasteiger partial charge is 0.282 e. The second kappa shape index (κ2) is 42.2. The fourth-order valence-electron chi connectivity index (χ4n) is 16.2. The van der Waals surface area contributed by atoms with Crippen LogP contribution in [-0.4, -0.2) is 183 Å². The molecule has 0 saturated carbocycles. The maximum atomic E-state index is 13.1. The van der Waals surface area contributed by atoms with Gasteiger partial charge in [0.25, 0.3) is 22.2 Å². The average Bonchev–Trinajstić information content (AvgIpc) is 0.774. The van der Waals surface area contributed by atoms with Crippen molar-refractivity contribution in [3.63, 3.8) is 0 Å². The third kappa shape index (κ3) is 20.8. The van der Waals surface area contributed by atoms with E-state index < -0.39 is 11.1 Å². The predicted octanol–water partition coefficient (Wildman–Crippen LogP) is 15.4. The lowest BCUT2D eigenvalue weighted by Crippen LogP contribution is -2.43. The first-order chi connectivity index (χ1) is 65.1. The molecule has 0 amide bonds. The molecule has 8 aromatic carbocycles. The van der Waals surface area contributed by atoms with Crippen LogP contribution in [0.15, 0.2) is 226 Å². The summed E-state index contributed by atoms with van der Waals surface area (Å²) in [4.78, 5) is 96.7. The minimum atomic E-state index is -0.429. The summed E-state index contributed by atoms with van der Waals surface area (Å²) in [5, 5.41) is 58.6. The van der Waals surface area contributed by atoms with Gasteiger partial charge in [-0.2, -0.15) is 19.6 Å². The second-order valence-corrected chi connectivity index (χ2v) is 34.7. The molecule has 10 N–H and O–H groups in total. The summed E-state index contributed by atoms with van der Waals surface area (Å²) < 4.78 is 5.13. The van der Waals surface area contributed by atoms with E-state index in [2.05, 4.69) is 150 Å². The second-order valence-electron chi connectivity index (χ2n) is 31.4. The molecule has 16 aromatic rings. The van der Waals surface area contributed by atoms with Crippen molar-refractivity contribution >= 4 is 206 Å². The van der Waals surface area contributed by atoms with Crippen LogP contribution in [0.3, 0.4) is 0 Å². The first kappa shape index (κ1) is 93.1. The molecule has 0 unspecified atom stereocenters. The van der Waals surface area contributed by atoms with Crippen molar-refractivity contribution in [3.8, 4) is 22.7 Å². The van der Waals surface area contributed by atoms with Crippen molar-refractivity contribution in [3.05, 3.63) is 311 Å². The van der Waals surface area contributed by atoms with Gasteiger partial charge < -0.3 is 72.3 Å². The minimum Gasteiger partial charge on any atom is -0.392 e. The number of aliphatic hydroxyl groups is 2. The average molecular weight is 1960 g/mol. The lowest BCUT2D eigenvalue weighted by Gasteiger charge is -2.31. The van der Waals surface area contributed by atoms with E-state index in [9.17, 15) is 29.4 Å². The number of hydrogen-bond acceptors (Lipinski definition) is 28. The van der Waals surface area contributed by atoms with Gasteiger partial charge in [-0.1, -0.05) is 117 Å². The summed E-state index contributed by atoms with van der Waals surface area (Å²) >= 11 is 50.1. The van der Waals surface area contributed by atoms with Crippen LogP contribution in [0.5, 0.6) is 0 Å². The summed E-state index contributed by atoms with van der Waals surface area (Å²) in [6, 6.07) is 47.7. The fraction of sp³-hybridized carbons (Fsp3) is 0.213. The number of halogens is 8. The summed E-state index contributed by atoms with van der Waals surface area (Å²) in [6.07, 6.45) is 12.1. The number of aliphatic hydroxyl groups excluding tert-OH is 2. The number of rotatable bonds is 18. The topological polar surface area (TPSA) is 367 Å². The van der Waals surface area contributed by atoms with Crippen LogP contribution in [0, 0.1) is 13.8 Å². The molecule has 0 aliphatic carbocycles. The fourth-order valence-corrected chi connectivity index (χ4v) is 18.5. The van der Waals surface area contributed by atoms with Crippen LogP contribution >= 0.6 is 92.8 Å². The molecule has 0 radical (unpaired) electrons. The number of aryl methyl sites for hydroxylation is 2. The van der Waals surface area contributed by atoms with E-state index in [1.165, 1.54) is 73.5 Å². The first-order valence-corrected chi connectivity index (χ1v) is 45.8. The van der Waals surface area contributed by atoms with Gasteiger partial charge in [-0.05, 0) is 158 Å². The summed E-state index contributed by atoms with van der Waals surface area (Å²) in [6.45, 7) is 19.2. The molecule has 20 rings (SSSR count). The molecule has 0 spiro atoms. The highest BCUT2D eigenvalue weighted by atomic mass is 35.5. The number of nitrogens with one attached hydrogen (secondary N) is 8. The predicted molar refractivity (Wildman–Crippen MR) is 537 cm³/mol. The Balaban J connectivity index is 0.000000124. The first-order valence-electron chi connectivity index (χ1n) is 42.8. The van der Waals surface area contributed by atoms with Crippen LogP contribution < -0.4 is 84.4 Å². The largest absolute Gasteiger partial charge is 0.392 e. The summed E-state index contributed by atoms with van der Waals surface area (Å²) in [5.41, 5.74) is 13.6. The van der Waals surface area contributed by atoms with Crippen LogP contribution in [0.1, 0.15) is 22.3 Å². The Kier molecular flexibility index (Phi) is 29.3. The SMILES string of the molecule is Cc1cc(Nc2ncc3c(=O)n(-c4c(Cl)cccc4Cl)ccc3n2)ccc1N1CCNCC1.Cc1cc(Nc2ncc3c(=O)n(-c4c(Cl)cccc4Cl)ncc3n2)ccc1N1CCNCC1.O=c1c2cnc(Nc3ccc(N4CCNCC4)c(CO)c3)nc2ccn1-c1c(Cl)cccc1Cl.O=c1c2cnc(Nc3ccc(N4CCNCC4)c(CO)c3)nc2cnn1-c1c(Cl)cccc1Cl. The van der Waals surface area contributed by atoms with Gasteiger partial charge in [0.1, 0.15) is 22.4 Å². The molecule has 0 bridgehead atoms. The highest BCUT2D eigenvalue weighted by Gasteiger charge is 2.24. The lowest BCUT2D eigenvalue weighted by molar-refractivity contribution is 0.281. The van der Waals surface area contributed by atoms with Gasteiger partial charge in [-0.3, -0.25) is 28.3 Å². The molecule has 4 aliphatic heterocycles. The van der Waals surface area contributed by atoms with Gasteiger partial charge in [0.2, 0.25) is 23.8 Å². The van der Waals surface area contributed by atoms with Crippen molar-refractivity contribution in [2.45, 2.75) is 27.1 Å². The Morgan fingerprint density at radius 1 is 0.313 bits per heavy atom. The molecule has 12 heterocycles. The summed E-state index contributed by atoms with van der Waals surface area (Å²) in [7, 11) is 0. The number of aromatic nitrogens is 14. The summed E-state index contributed by atoms with van der Waals surface area (Å²) in [5.74, 6) is 1.46. The number of piperazine rings is 4. The van der Waals surface area contributed by atoms with Crippen molar-refractivity contribution in [2.75, 3.05) is 146 Å². The zero-order chi connectivity index (χ0) is 93.2. The van der Waals surface area contributed by atoms with Crippen LogP contribution in [0.25, 0.3) is 66.4 Å². The molecular weight excluding hydrogens is 1870 g/mol. The van der Waals surface area contributed by atoms with Crippen molar-refractivity contribution in [1.82, 2.24) is 89.8 Å². The van der Waals surface area contributed by atoms with Gasteiger partial charge in [0.15, 0.2) is 0 Å². The third-order valence-electron chi connectivity index (χ3n) is 22.8. The van der Waals surface area contributed by atoms with Gasteiger partial charge in [0.05, 0.1) is 110 Å². The van der Waals surface area contributed by atoms with Gasteiger partial charge >= 0.3 is 0 Å². The maximum Gasteiger partial charge on any atom is 0.282 e. The van der Waals surface area contributed by atoms with E-state index in [1.807, 2.05) is 48.5 Å². The molecular formula is C94H86Cl8N26O6. The molecule has 40 heteroatoms. The van der Waals surface area contributed by atoms with Crippen LogP contribution in [0.4, 0.5) is 69.3 Å². The Labute approximate surface area is 806 Å². The highest BCUT2D eigenvalue weighted by molar-refractivity contribution is 6.39. The molecule has 684 valence electrons. The molecule has 4 aliphatic rings. The van der Waals surface area contributed by atoms with E-state index in [0.717, 1.165) is 155 Å². The Morgan fingerprint density at radius 3 is 0.866 bits per heavy atom. The molecule has 4 fully saturated rings. The standard InChI is InChI=1S/C24H22Cl2N6O2.C24H22Cl2N6O.C23H21Cl2N7O2.C23H21Cl2N7O/c25-18-2-1-3-19(26)22(18)32-9-6-20-17(23(32)34)13-28-24(30-20)29-16-4-5-21(15(12-16)14-33)31-10-7-27-8-11-31;1-15-13-16(5-6-21(15)31-11-8-27-9-12-31)29-24-28-14-17-20(30-24)7-10-32(23(17)33)22-18(25)3-2-4-19(22)26;24-17-2-1-3-18(25)21(17)32-22(34)16-11-27-23(30-19(16)12-28-32)29-15-4-5-20(14(10-15)13-33)31-8-6-26-7-9-31;1-14-11-15(5-6-20(14)31-9-7-26-8-10-31)29-23-27-12-16-19(30-23)13-28-32(22(16)33)21-17(24)3-2-4-18(21)25/h1-6,9,12-13,27,33H,7-8,10-11,14H2,(H,28,29,30);2-7,10,13-14,27H,8-9,11-12H2,1H3,(H,28,29,30);1-5,10-12,26,33H,6-9,13H2,(H,27,29,30);2-6,11-13,26H,7-10H2,1H3,(H,27,29,30). The van der Waals surface area contributed by atoms with Crippen LogP contribution in [0.2, 0.25) is 40.2 Å². The molecule has 134 heavy (non-hydrogen) atoms. The van der Waals surface area contributed by atoms with Crippen molar-refractivity contribution < 1.29 is 10.2 Å².